The van der Waals surface area contributed by atoms with Crippen LogP contribution in [0.1, 0.15) is 16.0 Å². The number of nitrogens with two attached hydrogens (primary N) is 1. The Morgan fingerprint density at radius 2 is 2.05 bits per heavy atom. The van der Waals surface area contributed by atoms with Crippen molar-refractivity contribution in [2.24, 2.45) is 5.73 Å². The first kappa shape index (κ1) is 15.0. The number of nitrogens with one attached hydrogen (secondary N) is 1. The van der Waals surface area contributed by atoms with Gasteiger partial charge in [0, 0.05) is 17.0 Å². The van der Waals surface area contributed by atoms with Crippen molar-refractivity contribution in [1.82, 2.24) is 0 Å². The Morgan fingerprint density at radius 3 is 2.70 bits per heavy atom. The fourth-order valence-corrected chi connectivity index (χ4v) is 4.73. The third kappa shape index (κ3) is 2.70. The molecule has 2 rings (SSSR count). The average molecular weight is 314 g/mol. The quantitative estimate of drug-likeness (QED) is 0.911. The van der Waals surface area contributed by atoms with Gasteiger partial charge in [-0.1, -0.05) is 6.07 Å². The minimum atomic E-state index is -3.77. The van der Waals surface area contributed by atoms with Crippen molar-refractivity contribution in [3.63, 3.8) is 0 Å². The fourth-order valence-electron chi connectivity index (χ4n) is 1.90. The monoisotopic (exact) mass is 314 g/mol. The average Bonchev–Trinajstić information content (AvgIpc) is 2.77. The summed E-state index contributed by atoms with van der Waals surface area (Å²) in [5.41, 5.74) is 6.70. The van der Waals surface area contributed by atoms with E-state index in [2.05, 4.69) is 4.72 Å². The van der Waals surface area contributed by atoms with Gasteiger partial charge in [-0.2, -0.15) is 0 Å². The normalized spacial score (nSPS) is 11.6. The summed E-state index contributed by atoms with van der Waals surface area (Å²) in [4.78, 5) is 0.776. The Kier molecular flexibility index (Phi) is 4.12. The maximum absolute atomic E-state index is 13.5. The number of benzene rings is 1. The van der Waals surface area contributed by atoms with Crippen LogP contribution in [0, 0.1) is 19.7 Å². The van der Waals surface area contributed by atoms with Crippen LogP contribution < -0.4 is 10.5 Å². The van der Waals surface area contributed by atoms with Crippen LogP contribution in [-0.4, -0.2) is 8.42 Å². The Hall–Kier alpha value is -1.44. The minimum Gasteiger partial charge on any atom is -0.326 e. The molecule has 1 aromatic heterocycles. The molecule has 0 atom stereocenters. The number of anilines is 1. The van der Waals surface area contributed by atoms with Crippen LogP contribution in [0.4, 0.5) is 10.1 Å². The molecule has 0 aliphatic carbocycles. The molecule has 1 heterocycles. The zero-order valence-corrected chi connectivity index (χ0v) is 12.7. The fraction of sp³-hybridized carbons (Fsp3) is 0.231. The van der Waals surface area contributed by atoms with E-state index in [0.29, 0.717) is 10.4 Å². The van der Waals surface area contributed by atoms with Gasteiger partial charge < -0.3 is 5.73 Å². The summed E-state index contributed by atoms with van der Waals surface area (Å²) < 4.78 is 40.8. The van der Waals surface area contributed by atoms with E-state index in [-0.39, 0.29) is 22.7 Å². The van der Waals surface area contributed by atoms with Crippen LogP contribution in [0.25, 0.3) is 0 Å². The van der Waals surface area contributed by atoms with Gasteiger partial charge in [-0.15, -0.1) is 11.3 Å². The van der Waals surface area contributed by atoms with Gasteiger partial charge in [-0.05, 0) is 36.9 Å². The van der Waals surface area contributed by atoms with Gasteiger partial charge in [0.15, 0.2) is 0 Å². The summed E-state index contributed by atoms with van der Waals surface area (Å²) in [5, 5.41) is 1.75. The summed E-state index contributed by atoms with van der Waals surface area (Å²) in [6, 6.07) is 4.28. The van der Waals surface area contributed by atoms with Crippen molar-refractivity contribution in [2.75, 3.05) is 4.72 Å². The van der Waals surface area contributed by atoms with Crippen molar-refractivity contribution in [2.45, 2.75) is 25.3 Å². The Bertz CT molecular complexity index is 739. The molecule has 0 aliphatic heterocycles. The first-order chi connectivity index (χ1) is 9.36. The molecular weight excluding hydrogens is 299 g/mol. The highest BCUT2D eigenvalue weighted by Gasteiger charge is 2.23. The Morgan fingerprint density at radius 1 is 1.35 bits per heavy atom. The van der Waals surface area contributed by atoms with Crippen molar-refractivity contribution in [1.29, 1.82) is 0 Å². The molecule has 108 valence electrons. The summed E-state index contributed by atoms with van der Waals surface area (Å²) in [6.45, 7) is 3.39. The van der Waals surface area contributed by atoms with Gasteiger partial charge in [-0.3, -0.25) is 4.72 Å². The topological polar surface area (TPSA) is 72.2 Å². The van der Waals surface area contributed by atoms with E-state index >= 15 is 0 Å². The predicted molar refractivity (Wildman–Crippen MR) is 78.9 cm³/mol. The molecule has 0 spiro atoms. The Balaban J connectivity index is 2.46. The molecule has 3 N–H and O–H groups in total. The largest absolute Gasteiger partial charge is 0.326 e. The molecule has 0 unspecified atom stereocenters. The molecule has 7 heteroatoms. The summed E-state index contributed by atoms with van der Waals surface area (Å²) >= 11 is 1.30. The van der Waals surface area contributed by atoms with Crippen LogP contribution in [0.5, 0.6) is 0 Å². The first-order valence-electron chi connectivity index (χ1n) is 5.91. The molecule has 0 saturated carbocycles. The number of thiophene rings is 1. The zero-order valence-electron chi connectivity index (χ0n) is 11.1. The number of rotatable bonds is 4. The van der Waals surface area contributed by atoms with E-state index in [1.807, 2.05) is 0 Å². The minimum absolute atomic E-state index is 0.150. The molecule has 0 bridgehead atoms. The highest BCUT2D eigenvalue weighted by atomic mass is 32.2. The van der Waals surface area contributed by atoms with Crippen LogP contribution in [0.15, 0.2) is 28.5 Å². The first-order valence-corrected chi connectivity index (χ1v) is 8.28. The van der Waals surface area contributed by atoms with Crippen molar-refractivity contribution in [3.05, 3.63) is 45.4 Å². The molecule has 0 fully saturated rings. The lowest BCUT2D eigenvalue weighted by Gasteiger charge is -2.12. The lowest BCUT2D eigenvalue weighted by atomic mass is 10.2. The third-order valence-electron chi connectivity index (χ3n) is 2.96. The summed E-state index contributed by atoms with van der Waals surface area (Å²) in [5.74, 6) is -0.453. The highest BCUT2D eigenvalue weighted by Crippen LogP contribution is 2.29. The maximum Gasteiger partial charge on any atom is 0.263 e. The van der Waals surface area contributed by atoms with Gasteiger partial charge in [0.2, 0.25) is 0 Å². The predicted octanol–water partition coefficient (Wildman–Crippen LogP) is 2.76. The number of aryl methyl sites for hydroxylation is 1. The van der Waals surface area contributed by atoms with Gasteiger partial charge in [-0.25, -0.2) is 12.8 Å². The van der Waals surface area contributed by atoms with Gasteiger partial charge in [0.1, 0.15) is 10.7 Å². The standard InChI is InChI=1S/C13H15FN2O2S2/c1-8-7-19-12(6-15)13(8)20(17,18)16-11-5-3-4-10(14)9(11)2/h3-5,7,16H,6,15H2,1-2H3. The number of hydrogen-bond acceptors (Lipinski definition) is 4. The van der Waals surface area contributed by atoms with Crippen LogP contribution in [-0.2, 0) is 16.6 Å². The molecule has 0 amide bonds. The van der Waals surface area contributed by atoms with Gasteiger partial charge >= 0.3 is 0 Å². The molecule has 0 saturated heterocycles. The second-order valence-electron chi connectivity index (χ2n) is 4.39. The second-order valence-corrected chi connectivity index (χ2v) is 6.98. The number of halogens is 1. The van der Waals surface area contributed by atoms with Crippen molar-refractivity contribution < 1.29 is 12.8 Å². The van der Waals surface area contributed by atoms with Gasteiger partial charge in [0.05, 0.1) is 5.69 Å². The van der Waals surface area contributed by atoms with Crippen molar-refractivity contribution >= 4 is 27.0 Å². The summed E-state index contributed by atoms with van der Waals surface area (Å²) in [7, 11) is -3.77. The zero-order chi connectivity index (χ0) is 14.9. The van der Waals surface area contributed by atoms with Gasteiger partial charge in [0.25, 0.3) is 10.0 Å². The Labute approximate surface area is 121 Å². The molecule has 0 radical (unpaired) electrons. The molecule has 0 aliphatic rings. The molecule has 20 heavy (non-hydrogen) atoms. The maximum atomic E-state index is 13.5. The van der Waals surface area contributed by atoms with E-state index < -0.39 is 15.8 Å². The second kappa shape index (κ2) is 5.51. The molecule has 4 nitrogen and oxygen atoms in total. The van der Waals surface area contributed by atoms with E-state index in [9.17, 15) is 12.8 Å². The summed E-state index contributed by atoms with van der Waals surface area (Å²) in [6.07, 6.45) is 0. The van der Waals surface area contributed by atoms with E-state index in [0.717, 1.165) is 0 Å². The van der Waals surface area contributed by atoms with Crippen molar-refractivity contribution in [3.8, 4) is 0 Å². The van der Waals surface area contributed by atoms with Crippen LogP contribution >= 0.6 is 11.3 Å². The van der Waals surface area contributed by atoms with Crippen LogP contribution in [0.3, 0.4) is 0 Å². The molecule has 1 aromatic carbocycles. The lowest BCUT2D eigenvalue weighted by Crippen LogP contribution is -2.16. The number of hydrogen-bond donors (Lipinski definition) is 2. The number of sulfonamides is 1. The molecular formula is C13H15FN2O2S2. The molecule has 2 aromatic rings. The SMILES string of the molecule is Cc1csc(CN)c1S(=O)(=O)Nc1cccc(F)c1C. The smallest absolute Gasteiger partial charge is 0.263 e. The highest BCUT2D eigenvalue weighted by molar-refractivity contribution is 7.93. The van der Waals surface area contributed by atoms with E-state index in [4.69, 9.17) is 5.73 Å². The lowest BCUT2D eigenvalue weighted by molar-refractivity contribution is 0.599. The van der Waals surface area contributed by atoms with E-state index in [1.54, 1.807) is 12.3 Å². The van der Waals surface area contributed by atoms with Crippen LogP contribution in [0.2, 0.25) is 0 Å². The van der Waals surface area contributed by atoms with E-state index in [1.165, 1.54) is 36.5 Å². The third-order valence-corrected chi connectivity index (χ3v) is 5.81.